The molecule has 0 fully saturated rings. The zero-order valence-corrected chi connectivity index (χ0v) is 57.5. The molecule has 2 nitrogen and oxygen atoms in total. The quantitative estimate of drug-likeness (QED) is 0.0583. The highest BCUT2D eigenvalue weighted by Crippen LogP contribution is 2.48. The van der Waals surface area contributed by atoms with Gasteiger partial charge in [0, 0.05) is 36.1 Å². The zero-order valence-electron chi connectivity index (χ0n) is 57.5. The van der Waals surface area contributed by atoms with Crippen molar-refractivity contribution in [2.24, 2.45) is 0 Å². The summed E-state index contributed by atoms with van der Waals surface area (Å²) in [4.78, 5) is 0. The predicted molar refractivity (Wildman–Crippen MR) is 431 cm³/mol. The first kappa shape index (κ1) is 61.3. The van der Waals surface area contributed by atoms with Gasteiger partial charge < -0.3 is 0 Å². The summed E-state index contributed by atoms with van der Waals surface area (Å²) in [7, 11) is 0. The Labute approximate surface area is 600 Å². The molecular weight excluding hydrogens is 1240 g/mol. The lowest BCUT2D eigenvalue weighted by Gasteiger charge is -2.30. The van der Waals surface area contributed by atoms with Crippen molar-refractivity contribution < 1.29 is 4.57 Å². The van der Waals surface area contributed by atoms with Crippen LogP contribution in [0, 0.1) is 20.2 Å². The van der Waals surface area contributed by atoms with Crippen LogP contribution in [0.2, 0.25) is 0 Å². The van der Waals surface area contributed by atoms with E-state index in [0.717, 1.165) is 11.4 Å². The second-order valence-corrected chi connectivity index (χ2v) is 28.3. The number of nitrogens with zero attached hydrogens (tertiary/aromatic N) is 2. The Hall–Kier alpha value is -12.8. The third kappa shape index (κ3) is 11.4. The normalized spacial score (nSPS) is 11.9. The van der Waals surface area contributed by atoms with Crippen molar-refractivity contribution in [1.82, 2.24) is 4.57 Å². The third-order valence-electron chi connectivity index (χ3n) is 21.8. The lowest BCUT2D eigenvalue weighted by atomic mass is 9.77. The molecule has 0 atom stereocenters. The smallest absolute Gasteiger partial charge is 0.268 e. The molecule has 0 amide bonds. The van der Waals surface area contributed by atoms with Crippen LogP contribution < -0.4 is 4.57 Å². The van der Waals surface area contributed by atoms with Gasteiger partial charge in [-0.15, -0.1) is 0 Å². The maximum Gasteiger partial charge on any atom is 0.268 e. The van der Waals surface area contributed by atoms with E-state index in [0.29, 0.717) is 0 Å². The molecule has 103 heavy (non-hydrogen) atoms. The molecule has 0 aliphatic carbocycles. The minimum absolute atomic E-state index is 0.234. The van der Waals surface area contributed by atoms with Gasteiger partial charge in [0.05, 0.1) is 11.4 Å². The topological polar surface area (TPSA) is 8.81 Å². The van der Waals surface area contributed by atoms with E-state index in [2.05, 4.69) is 406 Å². The molecule has 0 aliphatic heterocycles. The molecule has 486 valence electrons. The van der Waals surface area contributed by atoms with Crippen molar-refractivity contribution in [3.05, 3.63) is 461 Å². The molecule has 18 aromatic carbocycles. The van der Waals surface area contributed by atoms with Crippen LogP contribution in [-0.2, 0) is 0 Å². The minimum Gasteiger partial charge on any atom is -0.298 e. The van der Waals surface area contributed by atoms with Gasteiger partial charge in [0.15, 0.2) is 0 Å². The summed E-state index contributed by atoms with van der Waals surface area (Å²) in [5, 5.41) is 19.3. The number of imidazole rings is 1. The average molecular weight is 1310 g/mol. The molecular formula is C101H72N2. The van der Waals surface area contributed by atoms with E-state index in [9.17, 15) is 0 Å². The van der Waals surface area contributed by atoms with Crippen molar-refractivity contribution in [2.45, 2.75) is 37.5 Å². The van der Waals surface area contributed by atoms with E-state index >= 15 is 0 Å². The fourth-order valence-electron chi connectivity index (χ4n) is 17.0. The molecule has 0 saturated carbocycles. The van der Waals surface area contributed by atoms with Gasteiger partial charge in [0.1, 0.15) is 0 Å². The van der Waals surface area contributed by atoms with Crippen LogP contribution in [0.5, 0.6) is 0 Å². The van der Waals surface area contributed by atoms with Gasteiger partial charge in [0.2, 0.25) is 0 Å². The first-order chi connectivity index (χ1) is 50.8. The highest BCUT2D eigenvalue weighted by atomic mass is 15.1. The molecule has 0 N–H and O–H groups in total. The molecule has 0 radical (unpaired) electrons. The highest BCUT2D eigenvalue weighted by Gasteiger charge is 2.33. The monoisotopic (exact) mass is 1310 g/mol. The van der Waals surface area contributed by atoms with Crippen LogP contribution in [0.15, 0.2) is 376 Å². The summed E-state index contributed by atoms with van der Waals surface area (Å²) in [6.07, 6.45) is 8.96. The van der Waals surface area contributed by atoms with Crippen LogP contribution in [0.3, 0.4) is 0 Å². The summed E-state index contributed by atoms with van der Waals surface area (Å²) in [6.45, 7) is 4.60. The standard InChI is InChI=1S/C101H72N2/c1-66-53-92(96(84-43-35-68-19-3-11-27-76(68)57-84)85-44-36-69-20-4-12-28-77(69)58-85)100(93(54-66)97(86-45-37-70-21-5-13-29-78(70)59-86)87-46-38-71-22-6-14-30-79(71)60-87)102-51-52-103(65-102)101-94(98(88-47-39-72-23-7-15-31-80(72)61-88)89-48-40-73-24-8-16-32-81(73)62-89)55-67(2)56-95(101)99(90-49-41-74-25-9-17-33-82(74)63-90)91-50-42-75-26-10-18-34-83(75)64-91/h3-64,96-99H,1-2H3. The van der Waals surface area contributed by atoms with E-state index in [4.69, 9.17) is 0 Å². The molecule has 0 spiro atoms. The minimum atomic E-state index is -0.234. The van der Waals surface area contributed by atoms with Crippen LogP contribution >= 0.6 is 0 Å². The Morgan fingerprint density at radius 2 is 0.417 bits per heavy atom. The Morgan fingerprint density at radius 3 is 0.641 bits per heavy atom. The second kappa shape index (κ2) is 25.8. The summed E-state index contributed by atoms with van der Waals surface area (Å²) in [5.41, 5.74) is 19.0. The zero-order chi connectivity index (χ0) is 68.5. The van der Waals surface area contributed by atoms with Gasteiger partial charge in [-0.2, -0.15) is 0 Å². The fourth-order valence-corrected chi connectivity index (χ4v) is 17.0. The fraction of sp³-hybridized carbons (Fsp3) is 0.0594. The predicted octanol–water partition coefficient (Wildman–Crippen LogP) is 25.1. The summed E-state index contributed by atoms with van der Waals surface area (Å²) < 4.78 is 4.76. The van der Waals surface area contributed by atoms with Crippen LogP contribution in [0.4, 0.5) is 0 Å². The van der Waals surface area contributed by atoms with Crippen molar-refractivity contribution in [3.63, 3.8) is 0 Å². The Kier molecular flexibility index (Phi) is 15.3. The second-order valence-electron chi connectivity index (χ2n) is 28.3. The lowest BCUT2D eigenvalue weighted by Crippen LogP contribution is -2.34. The van der Waals surface area contributed by atoms with Gasteiger partial charge in [-0.05, 0) is 167 Å². The van der Waals surface area contributed by atoms with Crippen molar-refractivity contribution in [3.8, 4) is 11.4 Å². The Bertz CT molecular complexity index is 5450. The SMILES string of the molecule is Cc1cc(C(c2ccc3ccccc3c2)c2ccc3ccccc3c2)c(-n2[c-][n+](-c3c(C(c4ccc5ccccc5c4)c4ccc5ccccc5c4)cc(C)cc3C(c3ccc4ccccc4c3)c3ccc4ccccc4c3)cc2)c(C(c2ccc3ccccc3c2)c2ccc3ccccc3c2)c1. The van der Waals surface area contributed by atoms with Crippen LogP contribution in [0.1, 0.15) is 102 Å². The molecule has 0 unspecified atom stereocenters. The lowest BCUT2D eigenvalue weighted by molar-refractivity contribution is -0.600. The van der Waals surface area contributed by atoms with Crippen molar-refractivity contribution in [1.29, 1.82) is 0 Å². The van der Waals surface area contributed by atoms with Crippen molar-refractivity contribution >= 4 is 86.2 Å². The van der Waals surface area contributed by atoms with Gasteiger partial charge in [-0.3, -0.25) is 9.13 Å². The average Bonchev–Trinajstić information content (AvgIpc) is 1.73. The number of aryl methyl sites for hydroxylation is 2. The molecule has 1 aromatic heterocycles. The van der Waals surface area contributed by atoms with E-state index in [1.165, 1.54) is 164 Å². The van der Waals surface area contributed by atoms with Gasteiger partial charge >= 0.3 is 0 Å². The maximum absolute atomic E-state index is 4.35. The largest absolute Gasteiger partial charge is 0.298 e. The van der Waals surface area contributed by atoms with E-state index in [-0.39, 0.29) is 23.7 Å². The number of rotatable bonds is 14. The Morgan fingerprint density at radius 1 is 0.223 bits per heavy atom. The summed E-state index contributed by atoms with van der Waals surface area (Å²) in [6, 6.07) is 137. The van der Waals surface area contributed by atoms with Gasteiger partial charge in [-0.25, -0.2) is 0 Å². The van der Waals surface area contributed by atoms with E-state index < -0.39 is 0 Å². The van der Waals surface area contributed by atoms with Crippen molar-refractivity contribution in [2.75, 3.05) is 0 Å². The number of benzene rings is 18. The number of hydrogen-bond acceptors (Lipinski definition) is 0. The molecule has 19 rings (SSSR count). The van der Waals surface area contributed by atoms with Gasteiger partial charge in [-0.1, -0.05) is 375 Å². The third-order valence-corrected chi connectivity index (χ3v) is 21.8. The molecule has 0 saturated heterocycles. The summed E-state index contributed by atoms with van der Waals surface area (Å²) in [5.74, 6) is -0.938. The van der Waals surface area contributed by atoms with E-state index in [1.54, 1.807) is 0 Å². The molecule has 1 heterocycles. The highest BCUT2D eigenvalue weighted by molar-refractivity contribution is 5.91. The Balaban J connectivity index is 0.938. The molecule has 0 aliphatic rings. The van der Waals surface area contributed by atoms with Crippen LogP contribution in [0.25, 0.3) is 97.6 Å². The molecule has 0 bridgehead atoms. The molecule has 2 heteroatoms. The maximum atomic E-state index is 4.35. The first-order valence-electron chi connectivity index (χ1n) is 36.0. The summed E-state index contributed by atoms with van der Waals surface area (Å²) >= 11 is 0. The first-order valence-corrected chi connectivity index (χ1v) is 36.0. The van der Waals surface area contributed by atoms with Crippen LogP contribution in [-0.4, -0.2) is 4.57 Å². The van der Waals surface area contributed by atoms with E-state index in [1.807, 2.05) is 0 Å². The number of hydrogen-bond donors (Lipinski definition) is 0. The molecule has 19 aromatic rings. The van der Waals surface area contributed by atoms with Gasteiger partial charge in [0.25, 0.3) is 6.33 Å². The number of fused-ring (bicyclic) bond motifs is 8. The number of aromatic nitrogens is 2.